The molecule has 1 aliphatic carbocycles. The van der Waals surface area contributed by atoms with Crippen LogP contribution in [0.15, 0.2) is 24.3 Å². The normalized spacial score (nSPS) is 13.4. The van der Waals surface area contributed by atoms with Gasteiger partial charge in [-0.3, -0.25) is 10.1 Å². The van der Waals surface area contributed by atoms with Gasteiger partial charge in [0.05, 0.1) is 17.9 Å². The van der Waals surface area contributed by atoms with Crippen LogP contribution in [0.3, 0.4) is 0 Å². The highest BCUT2D eigenvalue weighted by Crippen LogP contribution is 2.30. The van der Waals surface area contributed by atoms with Crippen LogP contribution < -0.4 is 10.1 Å². The molecule has 0 aliphatic heterocycles. The minimum absolute atomic E-state index is 0.150. The van der Waals surface area contributed by atoms with E-state index in [-0.39, 0.29) is 5.91 Å². The van der Waals surface area contributed by atoms with Crippen LogP contribution in [0.4, 0.5) is 5.13 Å². The molecule has 0 bridgehead atoms. The van der Waals surface area contributed by atoms with Gasteiger partial charge in [-0.1, -0.05) is 25.5 Å². The average molecular weight is 330 g/mol. The van der Waals surface area contributed by atoms with Crippen LogP contribution in [0.1, 0.15) is 53.5 Å². The van der Waals surface area contributed by atoms with Crippen LogP contribution in [0, 0.1) is 0 Å². The number of hydrogen-bond donors (Lipinski definition) is 1. The maximum Gasteiger partial charge on any atom is 0.261 e. The van der Waals surface area contributed by atoms with Crippen molar-refractivity contribution in [1.82, 2.24) is 4.98 Å². The number of aryl methyl sites for hydroxylation is 2. The second-order valence-corrected chi connectivity index (χ2v) is 6.83. The number of aromatic nitrogens is 1. The molecule has 0 fully saturated rings. The molecule has 122 valence electrons. The van der Waals surface area contributed by atoms with Gasteiger partial charge in [0, 0.05) is 4.88 Å². The van der Waals surface area contributed by atoms with Crippen molar-refractivity contribution in [3.8, 4) is 5.75 Å². The summed E-state index contributed by atoms with van der Waals surface area (Å²) in [5, 5.41) is 3.63. The van der Waals surface area contributed by atoms with E-state index in [2.05, 4.69) is 17.2 Å². The van der Waals surface area contributed by atoms with Crippen LogP contribution in [0.2, 0.25) is 0 Å². The van der Waals surface area contributed by atoms with E-state index in [1.807, 2.05) is 18.2 Å². The zero-order chi connectivity index (χ0) is 16.1. The Morgan fingerprint density at radius 3 is 2.96 bits per heavy atom. The molecule has 4 nitrogen and oxygen atoms in total. The fraction of sp³-hybridized carbons (Fsp3) is 0.444. The van der Waals surface area contributed by atoms with Gasteiger partial charge in [0.1, 0.15) is 5.75 Å². The Bertz CT molecular complexity index is 658. The molecule has 0 atom stereocenters. The number of benzene rings is 1. The van der Waals surface area contributed by atoms with E-state index in [4.69, 9.17) is 4.74 Å². The van der Waals surface area contributed by atoms with E-state index in [9.17, 15) is 4.79 Å². The van der Waals surface area contributed by atoms with Crippen LogP contribution >= 0.6 is 11.3 Å². The van der Waals surface area contributed by atoms with Gasteiger partial charge in [0.25, 0.3) is 5.91 Å². The van der Waals surface area contributed by atoms with E-state index in [0.717, 1.165) is 31.4 Å². The Balaban J connectivity index is 1.71. The van der Waals surface area contributed by atoms with Crippen molar-refractivity contribution in [3.05, 3.63) is 40.4 Å². The van der Waals surface area contributed by atoms with E-state index in [1.165, 1.54) is 17.7 Å². The summed E-state index contributed by atoms with van der Waals surface area (Å²) in [5.74, 6) is 0.489. The number of fused-ring (bicyclic) bond motifs is 1. The van der Waals surface area contributed by atoms with Crippen molar-refractivity contribution < 1.29 is 9.53 Å². The molecular weight excluding hydrogens is 308 g/mol. The largest absolute Gasteiger partial charge is 0.493 e. The number of nitrogens with one attached hydrogen (secondary N) is 1. The third-order valence-corrected chi connectivity index (χ3v) is 5.03. The quantitative estimate of drug-likeness (QED) is 0.796. The molecule has 0 saturated carbocycles. The molecule has 23 heavy (non-hydrogen) atoms. The number of thiazole rings is 1. The van der Waals surface area contributed by atoms with Crippen LogP contribution in [0.5, 0.6) is 5.75 Å². The molecule has 3 rings (SSSR count). The Morgan fingerprint density at radius 2 is 2.13 bits per heavy atom. The third-order valence-electron chi connectivity index (χ3n) is 3.95. The van der Waals surface area contributed by atoms with Gasteiger partial charge in [0.15, 0.2) is 5.13 Å². The van der Waals surface area contributed by atoms with E-state index in [1.54, 1.807) is 17.4 Å². The third kappa shape index (κ3) is 3.91. The lowest BCUT2D eigenvalue weighted by molar-refractivity contribution is 0.102. The molecule has 1 heterocycles. The van der Waals surface area contributed by atoms with Gasteiger partial charge < -0.3 is 4.74 Å². The van der Waals surface area contributed by atoms with E-state index >= 15 is 0 Å². The summed E-state index contributed by atoms with van der Waals surface area (Å²) in [6.07, 6.45) is 6.57. The second-order valence-electron chi connectivity index (χ2n) is 5.75. The summed E-state index contributed by atoms with van der Waals surface area (Å²) >= 11 is 1.60. The lowest BCUT2D eigenvalue weighted by atomic mass is 10.0. The molecule has 1 aliphatic rings. The van der Waals surface area contributed by atoms with Crippen LogP contribution in [0.25, 0.3) is 0 Å². The monoisotopic (exact) mass is 330 g/mol. The van der Waals surface area contributed by atoms with E-state index < -0.39 is 0 Å². The van der Waals surface area contributed by atoms with Crippen LogP contribution in [-0.4, -0.2) is 17.5 Å². The zero-order valence-corrected chi connectivity index (χ0v) is 14.2. The van der Waals surface area contributed by atoms with Gasteiger partial charge in [-0.15, -0.1) is 11.3 Å². The lowest BCUT2D eigenvalue weighted by Gasteiger charge is -2.10. The van der Waals surface area contributed by atoms with Gasteiger partial charge in [0.2, 0.25) is 0 Å². The molecule has 0 unspecified atom stereocenters. The first kappa shape index (κ1) is 16.0. The molecular formula is C18H22N2O2S. The number of para-hydroxylation sites is 1. The number of unbranched alkanes of at least 4 members (excludes halogenated alkanes) is 1. The van der Waals surface area contributed by atoms with Gasteiger partial charge in [-0.05, 0) is 44.2 Å². The summed E-state index contributed by atoms with van der Waals surface area (Å²) in [6.45, 7) is 2.75. The Morgan fingerprint density at radius 1 is 1.30 bits per heavy atom. The summed E-state index contributed by atoms with van der Waals surface area (Å²) in [5.41, 5.74) is 1.72. The first-order chi connectivity index (χ1) is 11.3. The second kappa shape index (κ2) is 7.59. The Kier molecular flexibility index (Phi) is 5.28. The fourth-order valence-corrected chi connectivity index (χ4v) is 3.72. The van der Waals surface area contributed by atoms with Crippen molar-refractivity contribution >= 4 is 22.4 Å². The first-order valence-electron chi connectivity index (χ1n) is 8.29. The van der Waals surface area contributed by atoms with Gasteiger partial charge in [-0.2, -0.15) is 0 Å². The standard InChI is InChI=1S/C18H22N2O2S/c1-2-3-12-22-15-10-6-4-8-13(15)17(21)20-18-19-14-9-5-7-11-16(14)23-18/h4,6,8,10H,2-3,5,7,9,11-12H2,1H3,(H,19,20,21). The van der Waals surface area contributed by atoms with Crippen molar-refractivity contribution in [1.29, 1.82) is 0 Å². The highest BCUT2D eigenvalue weighted by Gasteiger charge is 2.18. The van der Waals surface area contributed by atoms with Crippen molar-refractivity contribution in [2.24, 2.45) is 0 Å². The first-order valence-corrected chi connectivity index (χ1v) is 9.11. The summed E-state index contributed by atoms with van der Waals surface area (Å²) in [4.78, 5) is 18.4. The number of anilines is 1. The number of ether oxygens (including phenoxy) is 1. The molecule has 2 aromatic rings. The predicted molar refractivity (Wildman–Crippen MR) is 93.6 cm³/mol. The topological polar surface area (TPSA) is 51.2 Å². The molecule has 0 radical (unpaired) electrons. The minimum Gasteiger partial charge on any atom is -0.493 e. The van der Waals surface area contributed by atoms with Gasteiger partial charge in [-0.25, -0.2) is 4.98 Å². The van der Waals surface area contributed by atoms with Crippen molar-refractivity contribution in [3.63, 3.8) is 0 Å². The number of nitrogens with zero attached hydrogens (tertiary/aromatic N) is 1. The SMILES string of the molecule is CCCCOc1ccccc1C(=O)Nc1nc2c(s1)CCCC2. The predicted octanol–water partition coefficient (Wildman–Crippen LogP) is 4.45. The highest BCUT2D eigenvalue weighted by molar-refractivity contribution is 7.15. The number of carbonyl (C=O) groups excluding carboxylic acids is 1. The molecule has 1 aromatic heterocycles. The van der Waals surface area contributed by atoms with E-state index in [0.29, 0.717) is 23.1 Å². The fourth-order valence-electron chi connectivity index (χ4n) is 2.68. The highest BCUT2D eigenvalue weighted by atomic mass is 32.1. The molecule has 1 aromatic carbocycles. The minimum atomic E-state index is -0.150. The smallest absolute Gasteiger partial charge is 0.261 e. The Labute approximate surface area is 140 Å². The maximum atomic E-state index is 12.6. The molecule has 1 amide bonds. The van der Waals surface area contributed by atoms with Crippen molar-refractivity contribution in [2.45, 2.75) is 45.4 Å². The summed E-state index contributed by atoms with van der Waals surface area (Å²) in [6, 6.07) is 7.39. The average Bonchev–Trinajstić information content (AvgIpc) is 2.97. The summed E-state index contributed by atoms with van der Waals surface area (Å²) < 4.78 is 5.74. The number of rotatable bonds is 6. The van der Waals surface area contributed by atoms with Crippen LogP contribution in [-0.2, 0) is 12.8 Å². The van der Waals surface area contributed by atoms with Crippen molar-refractivity contribution in [2.75, 3.05) is 11.9 Å². The molecule has 0 spiro atoms. The number of hydrogen-bond acceptors (Lipinski definition) is 4. The maximum absolute atomic E-state index is 12.6. The number of carbonyl (C=O) groups is 1. The lowest BCUT2D eigenvalue weighted by Crippen LogP contribution is -2.14. The molecule has 5 heteroatoms. The zero-order valence-electron chi connectivity index (χ0n) is 13.4. The number of amides is 1. The molecule has 1 N–H and O–H groups in total. The molecule has 0 saturated heterocycles. The van der Waals surface area contributed by atoms with Gasteiger partial charge >= 0.3 is 0 Å². The Hall–Kier alpha value is -1.88. The summed E-state index contributed by atoms with van der Waals surface area (Å²) in [7, 11) is 0.